The van der Waals surface area contributed by atoms with Crippen LogP contribution >= 0.6 is 0 Å². The van der Waals surface area contributed by atoms with E-state index in [2.05, 4.69) is 11.8 Å². The van der Waals surface area contributed by atoms with Crippen molar-refractivity contribution in [1.29, 1.82) is 0 Å². The van der Waals surface area contributed by atoms with Gasteiger partial charge in [-0.3, -0.25) is 4.90 Å². The van der Waals surface area contributed by atoms with Crippen LogP contribution in [0.4, 0.5) is 0 Å². The summed E-state index contributed by atoms with van der Waals surface area (Å²) >= 11 is 0. The van der Waals surface area contributed by atoms with Crippen molar-refractivity contribution < 1.29 is 10.2 Å². The molecule has 3 heteroatoms. The van der Waals surface area contributed by atoms with Crippen LogP contribution in [-0.4, -0.2) is 40.9 Å². The summed E-state index contributed by atoms with van der Waals surface area (Å²) in [5.41, 5.74) is 2.21. The van der Waals surface area contributed by atoms with Gasteiger partial charge in [0.15, 0.2) is 0 Å². The fourth-order valence-electron chi connectivity index (χ4n) is 3.12. The molecule has 20 heavy (non-hydrogen) atoms. The molecule has 1 atom stereocenters. The summed E-state index contributed by atoms with van der Waals surface area (Å²) in [6.45, 7) is 3.85. The molecule has 0 bridgehead atoms. The van der Waals surface area contributed by atoms with Crippen LogP contribution in [0.25, 0.3) is 0 Å². The van der Waals surface area contributed by atoms with E-state index in [4.69, 9.17) is 0 Å². The van der Waals surface area contributed by atoms with Gasteiger partial charge in [-0.15, -0.1) is 0 Å². The lowest BCUT2D eigenvalue weighted by Gasteiger charge is -2.29. The number of hydrogen-bond acceptors (Lipinski definition) is 3. The maximum atomic E-state index is 10.3. The Morgan fingerprint density at radius 2 is 1.80 bits per heavy atom. The van der Waals surface area contributed by atoms with Gasteiger partial charge < -0.3 is 10.2 Å². The molecule has 1 aliphatic carbocycles. The molecule has 3 nitrogen and oxygen atoms in total. The first-order valence-corrected chi connectivity index (χ1v) is 7.80. The summed E-state index contributed by atoms with van der Waals surface area (Å²) in [5.74, 6) is 0. The number of aryl methyl sites for hydroxylation is 1. The highest BCUT2D eigenvalue weighted by Crippen LogP contribution is 2.25. The lowest BCUT2D eigenvalue weighted by Crippen LogP contribution is -2.37. The molecule has 1 unspecified atom stereocenters. The molecule has 1 saturated carbocycles. The molecule has 1 fully saturated rings. The smallest absolute Gasteiger partial charge is 0.0802 e. The maximum Gasteiger partial charge on any atom is 0.0802 e. The molecule has 0 radical (unpaired) electrons. The Morgan fingerprint density at radius 1 is 1.15 bits per heavy atom. The van der Waals surface area contributed by atoms with Gasteiger partial charge in [-0.05, 0) is 31.7 Å². The second-order valence-electron chi connectivity index (χ2n) is 5.91. The Balaban J connectivity index is 1.86. The molecule has 2 N–H and O–H groups in total. The fourth-order valence-corrected chi connectivity index (χ4v) is 3.12. The summed E-state index contributed by atoms with van der Waals surface area (Å²) in [6, 6.07) is 8.70. The van der Waals surface area contributed by atoms with Gasteiger partial charge in [0.05, 0.1) is 12.7 Å². The van der Waals surface area contributed by atoms with Crippen LogP contribution < -0.4 is 0 Å². The zero-order chi connectivity index (χ0) is 14.4. The number of aliphatic hydroxyl groups excluding tert-OH is 2. The van der Waals surface area contributed by atoms with Crippen molar-refractivity contribution in [3.63, 3.8) is 0 Å². The number of benzene rings is 1. The van der Waals surface area contributed by atoms with E-state index in [9.17, 15) is 10.2 Å². The molecule has 0 saturated heterocycles. The van der Waals surface area contributed by atoms with E-state index in [-0.39, 0.29) is 6.61 Å². The van der Waals surface area contributed by atoms with Gasteiger partial charge in [-0.25, -0.2) is 0 Å². The second kappa shape index (κ2) is 7.77. The SMILES string of the molecule is Cc1ccc(C(O)CCN(CCO)C2CCCC2)cc1. The molecule has 0 heterocycles. The minimum Gasteiger partial charge on any atom is -0.395 e. The van der Waals surface area contributed by atoms with Crippen molar-refractivity contribution in [3.05, 3.63) is 35.4 Å². The minimum atomic E-state index is -0.404. The molecule has 0 aromatic heterocycles. The van der Waals surface area contributed by atoms with Gasteiger partial charge >= 0.3 is 0 Å². The van der Waals surface area contributed by atoms with Crippen LogP contribution in [0, 0.1) is 6.92 Å². The van der Waals surface area contributed by atoms with Gasteiger partial charge in [0, 0.05) is 19.1 Å². The summed E-state index contributed by atoms with van der Waals surface area (Å²) < 4.78 is 0. The molecule has 1 aromatic carbocycles. The highest BCUT2D eigenvalue weighted by molar-refractivity contribution is 5.23. The third kappa shape index (κ3) is 4.30. The molecule has 0 aliphatic heterocycles. The van der Waals surface area contributed by atoms with E-state index >= 15 is 0 Å². The molecule has 0 amide bonds. The quantitative estimate of drug-likeness (QED) is 0.805. The lowest BCUT2D eigenvalue weighted by molar-refractivity contribution is 0.108. The van der Waals surface area contributed by atoms with Crippen LogP contribution in [0.3, 0.4) is 0 Å². The molecular formula is C17H27NO2. The first-order chi connectivity index (χ1) is 9.70. The molecular weight excluding hydrogens is 250 g/mol. The Morgan fingerprint density at radius 3 is 2.40 bits per heavy atom. The summed E-state index contributed by atoms with van der Waals surface area (Å²) in [7, 11) is 0. The van der Waals surface area contributed by atoms with Crippen LogP contribution in [0.2, 0.25) is 0 Å². The number of nitrogens with zero attached hydrogens (tertiary/aromatic N) is 1. The molecule has 1 aliphatic rings. The third-order valence-corrected chi connectivity index (χ3v) is 4.38. The van der Waals surface area contributed by atoms with Gasteiger partial charge in [-0.1, -0.05) is 42.7 Å². The average Bonchev–Trinajstić information content (AvgIpc) is 2.98. The summed E-state index contributed by atoms with van der Waals surface area (Å²) in [5, 5.41) is 19.5. The van der Waals surface area contributed by atoms with Crippen LogP contribution in [-0.2, 0) is 0 Å². The summed E-state index contributed by atoms with van der Waals surface area (Å²) in [4.78, 5) is 2.35. The monoisotopic (exact) mass is 277 g/mol. The van der Waals surface area contributed by atoms with Crippen molar-refractivity contribution in [1.82, 2.24) is 4.90 Å². The topological polar surface area (TPSA) is 43.7 Å². The van der Waals surface area contributed by atoms with E-state index in [1.807, 2.05) is 24.3 Å². The second-order valence-corrected chi connectivity index (χ2v) is 5.91. The van der Waals surface area contributed by atoms with Crippen LogP contribution in [0.15, 0.2) is 24.3 Å². The van der Waals surface area contributed by atoms with Gasteiger partial charge in [0.2, 0.25) is 0 Å². The molecule has 0 spiro atoms. The van der Waals surface area contributed by atoms with Crippen molar-refractivity contribution >= 4 is 0 Å². The number of aliphatic hydroxyl groups is 2. The predicted octanol–water partition coefficient (Wildman–Crippen LogP) is 2.66. The largest absolute Gasteiger partial charge is 0.395 e. The highest BCUT2D eigenvalue weighted by atomic mass is 16.3. The Bertz CT molecular complexity index is 384. The van der Waals surface area contributed by atoms with E-state index < -0.39 is 6.10 Å². The van der Waals surface area contributed by atoms with Crippen molar-refractivity contribution in [2.45, 2.75) is 51.2 Å². The van der Waals surface area contributed by atoms with Crippen molar-refractivity contribution in [2.75, 3.05) is 19.7 Å². The van der Waals surface area contributed by atoms with Crippen LogP contribution in [0.1, 0.15) is 49.3 Å². The normalized spacial score (nSPS) is 17.8. The summed E-state index contributed by atoms with van der Waals surface area (Å²) in [6.07, 6.45) is 5.40. The minimum absolute atomic E-state index is 0.205. The number of hydrogen-bond donors (Lipinski definition) is 2. The van der Waals surface area contributed by atoms with Crippen molar-refractivity contribution in [2.24, 2.45) is 0 Å². The third-order valence-electron chi connectivity index (χ3n) is 4.38. The first kappa shape index (κ1) is 15.5. The van der Waals surface area contributed by atoms with Crippen molar-refractivity contribution in [3.8, 4) is 0 Å². The lowest BCUT2D eigenvalue weighted by atomic mass is 10.0. The Hall–Kier alpha value is -0.900. The zero-order valence-corrected chi connectivity index (χ0v) is 12.5. The average molecular weight is 277 g/mol. The molecule has 2 rings (SSSR count). The highest BCUT2D eigenvalue weighted by Gasteiger charge is 2.22. The van der Waals surface area contributed by atoms with Gasteiger partial charge in [0.25, 0.3) is 0 Å². The van der Waals surface area contributed by atoms with Crippen LogP contribution in [0.5, 0.6) is 0 Å². The van der Waals surface area contributed by atoms with E-state index in [1.165, 1.54) is 31.2 Å². The first-order valence-electron chi connectivity index (χ1n) is 7.80. The maximum absolute atomic E-state index is 10.3. The van der Waals surface area contributed by atoms with E-state index in [1.54, 1.807) is 0 Å². The Kier molecular flexibility index (Phi) is 6.02. The van der Waals surface area contributed by atoms with E-state index in [0.717, 1.165) is 25.1 Å². The van der Waals surface area contributed by atoms with Gasteiger partial charge in [0.1, 0.15) is 0 Å². The molecule has 112 valence electrons. The Labute approximate surface area is 122 Å². The number of rotatable bonds is 7. The fraction of sp³-hybridized carbons (Fsp3) is 0.647. The molecule has 1 aromatic rings. The van der Waals surface area contributed by atoms with E-state index in [0.29, 0.717) is 6.04 Å². The van der Waals surface area contributed by atoms with Gasteiger partial charge in [-0.2, -0.15) is 0 Å². The predicted molar refractivity (Wildman–Crippen MR) is 81.7 cm³/mol. The zero-order valence-electron chi connectivity index (χ0n) is 12.5. The standard InChI is InChI=1S/C17H27NO2/c1-14-6-8-15(9-7-14)17(20)10-11-18(12-13-19)16-4-2-3-5-16/h6-9,16-17,19-20H,2-5,10-13H2,1H3.